The second kappa shape index (κ2) is 10.8. The topological polar surface area (TPSA) is 92.3 Å². The van der Waals surface area contributed by atoms with Gasteiger partial charge in [0.1, 0.15) is 5.60 Å². The zero-order valence-electron chi connectivity index (χ0n) is 17.8. The molecule has 158 valence electrons. The first-order valence-electron chi connectivity index (χ1n) is 9.59. The first kappa shape index (κ1) is 24.4. The Bertz CT molecular complexity index is 779. The molecule has 1 atom stereocenters. The van der Waals surface area contributed by atoms with Crippen LogP contribution < -0.4 is 10.6 Å². The minimum atomic E-state index is -1.04. The molecule has 9 heteroatoms. The number of aryl methyl sites for hydroxylation is 3. The van der Waals surface area contributed by atoms with Gasteiger partial charge >= 0.3 is 0 Å². The third-order valence-electron chi connectivity index (χ3n) is 4.69. The Morgan fingerprint density at radius 2 is 1.93 bits per heavy atom. The van der Waals surface area contributed by atoms with Crippen LogP contribution in [0.3, 0.4) is 0 Å². The molecule has 0 aromatic carbocycles. The third kappa shape index (κ3) is 5.94. The van der Waals surface area contributed by atoms with Crippen LogP contribution in [0, 0.1) is 0 Å². The fourth-order valence-electron chi connectivity index (χ4n) is 3.13. The molecule has 8 nitrogen and oxygen atoms in total. The number of guanidine groups is 1. The quantitative estimate of drug-likeness (QED) is 0.291. The Morgan fingerprint density at radius 1 is 1.21 bits per heavy atom. The highest BCUT2D eigenvalue weighted by Crippen LogP contribution is 2.19. The smallest absolute Gasteiger partial charge is 0.191 e. The highest BCUT2D eigenvalue weighted by Gasteiger charge is 2.25. The van der Waals surface area contributed by atoms with Gasteiger partial charge in [-0.2, -0.15) is 10.2 Å². The zero-order chi connectivity index (χ0) is 20.0. The molecular formula is C19H34IN7O. The van der Waals surface area contributed by atoms with E-state index in [4.69, 9.17) is 4.99 Å². The lowest BCUT2D eigenvalue weighted by Gasteiger charge is -2.23. The number of rotatable bonds is 8. The predicted octanol–water partition coefficient (Wildman–Crippen LogP) is 1.86. The van der Waals surface area contributed by atoms with Gasteiger partial charge in [-0.1, -0.05) is 13.8 Å². The number of aromatic nitrogens is 4. The van der Waals surface area contributed by atoms with Crippen LogP contribution in [-0.2, 0) is 39.1 Å². The van der Waals surface area contributed by atoms with Crippen LogP contribution in [0.2, 0.25) is 0 Å². The molecule has 0 aliphatic heterocycles. The summed E-state index contributed by atoms with van der Waals surface area (Å²) >= 11 is 0. The summed E-state index contributed by atoms with van der Waals surface area (Å²) in [5.74, 6) is 0.676. The summed E-state index contributed by atoms with van der Waals surface area (Å²) in [5.41, 5.74) is 3.23. The lowest BCUT2D eigenvalue weighted by atomic mass is 10.00. The Labute approximate surface area is 184 Å². The Balaban J connectivity index is 0.00000392. The number of aliphatic hydroxyl groups is 1. The molecule has 0 saturated heterocycles. The van der Waals surface area contributed by atoms with Crippen molar-refractivity contribution in [3.8, 4) is 0 Å². The van der Waals surface area contributed by atoms with Crippen molar-refractivity contribution in [3.05, 3.63) is 34.9 Å². The number of hydrogen-bond donors (Lipinski definition) is 3. The molecule has 0 saturated carbocycles. The van der Waals surface area contributed by atoms with Crippen molar-refractivity contribution >= 4 is 29.9 Å². The molecule has 0 fully saturated rings. The molecule has 28 heavy (non-hydrogen) atoms. The molecule has 0 amide bonds. The highest BCUT2D eigenvalue weighted by molar-refractivity contribution is 14.0. The van der Waals surface area contributed by atoms with Crippen molar-refractivity contribution in [2.75, 3.05) is 13.1 Å². The molecule has 0 aliphatic rings. The molecule has 0 aliphatic carbocycles. The van der Waals surface area contributed by atoms with Crippen LogP contribution in [0.25, 0.3) is 0 Å². The lowest BCUT2D eigenvalue weighted by molar-refractivity contribution is 0.0616. The van der Waals surface area contributed by atoms with Crippen molar-refractivity contribution in [1.82, 2.24) is 30.2 Å². The maximum absolute atomic E-state index is 10.8. The minimum Gasteiger partial charge on any atom is -0.383 e. The van der Waals surface area contributed by atoms with Gasteiger partial charge < -0.3 is 15.7 Å². The van der Waals surface area contributed by atoms with E-state index in [1.165, 1.54) is 11.3 Å². The van der Waals surface area contributed by atoms with Gasteiger partial charge in [0.2, 0.25) is 0 Å². The molecule has 3 N–H and O–H groups in total. The van der Waals surface area contributed by atoms with Crippen LogP contribution >= 0.6 is 24.0 Å². The predicted molar refractivity (Wildman–Crippen MR) is 123 cm³/mol. The zero-order valence-corrected chi connectivity index (χ0v) is 20.1. The number of halogens is 1. The van der Waals surface area contributed by atoms with E-state index in [1.807, 2.05) is 31.9 Å². The first-order chi connectivity index (χ1) is 12.8. The van der Waals surface area contributed by atoms with E-state index < -0.39 is 5.60 Å². The SMILES string of the molecule is CCNC(=NCc1c(CC)nn(C)c1CC)NCC(C)(O)c1cnn(C)c1.I. The molecule has 2 heterocycles. The second-order valence-corrected chi connectivity index (χ2v) is 6.93. The molecule has 1 unspecified atom stereocenters. The van der Waals surface area contributed by atoms with Gasteiger partial charge in [0.25, 0.3) is 0 Å². The molecule has 2 aromatic rings. The normalized spacial score (nSPS) is 13.8. The van der Waals surface area contributed by atoms with Crippen molar-refractivity contribution in [2.45, 2.75) is 52.7 Å². The largest absolute Gasteiger partial charge is 0.383 e. The van der Waals surface area contributed by atoms with Gasteiger partial charge in [-0.05, 0) is 26.7 Å². The van der Waals surface area contributed by atoms with Crippen molar-refractivity contribution in [3.63, 3.8) is 0 Å². The van der Waals surface area contributed by atoms with E-state index in [0.29, 0.717) is 19.0 Å². The van der Waals surface area contributed by atoms with Gasteiger partial charge in [0.15, 0.2) is 5.96 Å². The Morgan fingerprint density at radius 3 is 2.46 bits per heavy atom. The van der Waals surface area contributed by atoms with E-state index in [1.54, 1.807) is 17.8 Å². The summed E-state index contributed by atoms with van der Waals surface area (Å²) in [4.78, 5) is 4.73. The van der Waals surface area contributed by atoms with E-state index in [-0.39, 0.29) is 24.0 Å². The Kier molecular flexibility index (Phi) is 9.42. The average molecular weight is 503 g/mol. The monoisotopic (exact) mass is 503 g/mol. The second-order valence-electron chi connectivity index (χ2n) is 6.93. The van der Waals surface area contributed by atoms with Crippen molar-refractivity contribution in [2.24, 2.45) is 19.1 Å². The maximum Gasteiger partial charge on any atom is 0.191 e. The molecule has 0 spiro atoms. The van der Waals surface area contributed by atoms with Gasteiger partial charge in [-0.15, -0.1) is 24.0 Å². The maximum atomic E-state index is 10.8. The lowest BCUT2D eigenvalue weighted by Crippen LogP contribution is -2.44. The van der Waals surface area contributed by atoms with Gasteiger partial charge in [0.05, 0.1) is 25.0 Å². The van der Waals surface area contributed by atoms with E-state index in [2.05, 4.69) is 34.7 Å². The molecule has 2 rings (SSSR count). The van der Waals surface area contributed by atoms with Gasteiger partial charge in [-0.25, -0.2) is 4.99 Å². The Hall–Kier alpha value is -1.62. The standard InChI is InChI=1S/C19H33N7O.HI/c1-7-16-15(17(8-2)26(6)24-16)11-21-18(20-9-3)22-13-19(4,27)14-10-23-25(5)12-14;/h10,12,27H,7-9,11,13H2,1-6H3,(H2,20,21,22);1H. The summed E-state index contributed by atoms with van der Waals surface area (Å²) in [6.07, 6.45) is 5.32. The third-order valence-corrected chi connectivity index (χ3v) is 4.69. The fraction of sp³-hybridized carbons (Fsp3) is 0.632. The summed E-state index contributed by atoms with van der Waals surface area (Å²) < 4.78 is 3.64. The molecule has 2 aromatic heterocycles. The molecule has 0 bridgehead atoms. The van der Waals surface area contributed by atoms with Crippen LogP contribution in [0.15, 0.2) is 17.4 Å². The average Bonchev–Trinajstić information content (AvgIpc) is 3.20. The summed E-state index contributed by atoms with van der Waals surface area (Å²) in [7, 11) is 3.82. The highest BCUT2D eigenvalue weighted by atomic mass is 127. The number of aliphatic imine (C=N–C) groups is 1. The summed E-state index contributed by atoms with van der Waals surface area (Å²) in [6, 6.07) is 0. The number of nitrogens with one attached hydrogen (secondary N) is 2. The first-order valence-corrected chi connectivity index (χ1v) is 9.59. The van der Waals surface area contributed by atoms with Crippen LogP contribution in [0.4, 0.5) is 0 Å². The van der Waals surface area contributed by atoms with E-state index in [0.717, 1.165) is 30.6 Å². The van der Waals surface area contributed by atoms with Crippen LogP contribution in [0.1, 0.15) is 50.2 Å². The van der Waals surface area contributed by atoms with E-state index >= 15 is 0 Å². The van der Waals surface area contributed by atoms with Crippen LogP contribution in [-0.4, -0.2) is 43.7 Å². The summed E-state index contributed by atoms with van der Waals surface area (Å²) in [5, 5.41) is 26.0. The number of nitrogens with zero attached hydrogens (tertiary/aromatic N) is 5. The van der Waals surface area contributed by atoms with Crippen LogP contribution in [0.5, 0.6) is 0 Å². The van der Waals surface area contributed by atoms with Gasteiger partial charge in [0, 0.05) is 43.7 Å². The van der Waals surface area contributed by atoms with Gasteiger partial charge in [-0.3, -0.25) is 9.36 Å². The summed E-state index contributed by atoms with van der Waals surface area (Å²) in [6.45, 7) is 9.68. The van der Waals surface area contributed by atoms with E-state index in [9.17, 15) is 5.11 Å². The molecular weight excluding hydrogens is 469 g/mol. The molecule has 0 radical (unpaired) electrons. The fourth-order valence-corrected chi connectivity index (χ4v) is 3.13. The minimum absolute atomic E-state index is 0. The number of hydrogen-bond acceptors (Lipinski definition) is 4. The van der Waals surface area contributed by atoms with Crippen molar-refractivity contribution < 1.29 is 5.11 Å². The van der Waals surface area contributed by atoms with Crippen molar-refractivity contribution in [1.29, 1.82) is 0 Å².